The van der Waals surface area contributed by atoms with E-state index in [0.29, 0.717) is 5.13 Å². The number of benzene rings is 1. The van der Waals surface area contributed by atoms with Gasteiger partial charge in [-0.25, -0.2) is 13.4 Å². The number of halogens is 1. The summed E-state index contributed by atoms with van der Waals surface area (Å²) in [6.07, 6.45) is 1.08. The highest BCUT2D eigenvalue weighted by Gasteiger charge is 2.17. The number of hydrogen-bond acceptors (Lipinski definition) is 6. The first-order valence-electron chi connectivity index (χ1n) is 6.65. The molecule has 0 radical (unpaired) electrons. The summed E-state index contributed by atoms with van der Waals surface area (Å²) in [5.41, 5.74) is 0.869. The van der Waals surface area contributed by atoms with Crippen LogP contribution in [0, 0.1) is 0 Å². The van der Waals surface area contributed by atoms with E-state index in [0.717, 1.165) is 16.8 Å². The van der Waals surface area contributed by atoms with Crippen LogP contribution in [-0.2, 0) is 9.84 Å². The summed E-state index contributed by atoms with van der Waals surface area (Å²) in [6.45, 7) is 0. The van der Waals surface area contributed by atoms with Crippen LogP contribution in [0.2, 0.25) is 5.02 Å². The molecule has 3 rings (SSSR count). The van der Waals surface area contributed by atoms with Gasteiger partial charge in [0.15, 0.2) is 15.0 Å². The fourth-order valence-corrected chi connectivity index (χ4v) is 4.26. The number of aromatic nitrogens is 1. The van der Waals surface area contributed by atoms with Gasteiger partial charge in [0.1, 0.15) is 0 Å². The Morgan fingerprint density at radius 1 is 1.25 bits per heavy atom. The summed E-state index contributed by atoms with van der Waals surface area (Å²) >= 11 is 8.87. The zero-order chi connectivity index (χ0) is 17.3. The summed E-state index contributed by atoms with van der Waals surface area (Å²) < 4.78 is 23.3. The Morgan fingerprint density at radius 2 is 2.04 bits per heavy atom. The fourth-order valence-electron chi connectivity index (χ4n) is 1.94. The van der Waals surface area contributed by atoms with Gasteiger partial charge in [0, 0.05) is 11.6 Å². The SMILES string of the molecule is CS(=O)(=O)c1ccc(Cl)c(C(=O)Nc2nc(-c3cccs3)cs2)c1. The summed E-state index contributed by atoms with van der Waals surface area (Å²) in [6, 6.07) is 7.89. The van der Waals surface area contributed by atoms with Gasteiger partial charge in [-0.05, 0) is 29.6 Å². The number of thiazole rings is 1. The molecule has 1 aromatic carbocycles. The lowest BCUT2D eigenvalue weighted by molar-refractivity contribution is 0.102. The third-order valence-corrected chi connectivity index (χ3v) is 6.20. The highest BCUT2D eigenvalue weighted by atomic mass is 35.5. The number of nitrogens with zero attached hydrogens (tertiary/aromatic N) is 1. The fraction of sp³-hybridized carbons (Fsp3) is 0.0667. The van der Waals surface area contributed by atoms with Crippen LogP contribution in [0.1, 0.15) is 10.4 Å². The second kappa shape index (κ2) is 6.64. The summed E-state index contributed by atoms with van der Waals surface area (Å²) in [5.74, 6) is -0.502. The number of hydrogen-bond donors (Lipinski definition) is 1. The van der Waals surface area contributed by atoms with E-state index in [2.05, 4.69) is 10.3 Å². The Labute approximate surface area is 151 Å². The van der Waals surface area contributed by atoms with Crippen LogP contribution in [0.3, 0.4) is 0 Å². The van der Waals surface area contributed by atoms with E-state index in [1.165, 1.54) is 29.5 Å². The molecule has 0 aliphatic carbocycles. The average Bonchev–Trinajstić information content (AvgIpc) is 3.16. The van der Waals surface area contributed by atoms with E-state index in [-0.39, 0.29) is 15.5 Å². The standard InChI is InChI=1S/C15H11ClN2O3S3/c1-24(20,21)9-4-5-11(16)10(7-9)14(19)18-15-17-12(8-23-15)13-3-2-6-22-13/h2-8H,1H3,(H,17,18,19). The van der Waals surface area contributed by atoms with Gasteiger partial charge in [-0.3, -0.25) is 10.1 Å². The molecule has 0 unspecified atom stereocenters. The summed E-state index contributed by atoms with van der Waals surface area (Å²) in [5, 5.41) is 7.04. The lowest BCUT2D eigenvalue weighted by Gasteiger charge is -2.06. The van der Waals surface area contributed by atoms with Gasteiger partial charge in [-0.2, -0.15) is 0 Å². The predicted octanol–water partition coefficient (Wildman–Crippen LogP) is 4.18. The Morgan fingerprint density at radius 3 is 2.71 bits per heavy atom. The quantitative estimate of drug-likeness (QED) is 0.715. The largest absolute Gasteiger partial charge is 0.298 e. The first-order valence-corrected chi connectivity index (χ1v) is 10.7. The van der Waals surface area contributed by atoms with Gasteiger partial charge in [0.2, 0.25) is 0 Å². The monoisotopic (exact) mass is 398 g/mol. The van der Waals surface area contributed by atoms with Gasteiger partial charge in [-0.1, -0.05) is 17.7 Å². The molecule has 9 heteroatoms. The van der Waals surface area contributed by atoms with Crippen LogP contribution in [-0.4, -0.2) is 25.6 Å². The molecular formula is C15H11ClN2O3S3. The maximum absolute atomic E-state index is 12.4. The zero-order valence-corrected chi connectivity index (χ0v) is 15.5. The highest BCUT2D eigenvalue weighted by molar-refractivity contribution is 7.90. The number of anilines is 1. The van der Waals surface area contributed by atoms with E-state index in [1.807, 2.05) is 22.9 Å². The maximum atomic E-state index is 12.4. The van der Waals surface area contributed by atoms with Gasteiger partial charge >= 0.3 is 0 Å². The normalized spacial score (nSPS) is 11.4. The molecule has 0 spiro atoms. The van der Waals surface area contributed by atoms with Crippen LogP contribution in [0.5, 0.6) is 0 Å². The van der Waals surface area contributed by atoms with Gasteiger partial charge in [-0.15, -0.1) is 22.7 Å². The molecule has 5 nitrogen and oxygen atoms in total. The number of carbonyl (C=O) groups excluding carboxylic acids is 1. The molecular weight excluding hydrogens is 388 g/mol. The minimum Gasteiger partial charge on any atom is -0.298 e. The molecule has 3 aromatic rings. The van der Waals surface area contributed by atoms with Crippen molar-refractivity contribution in [1.82, 2.24) is 4.98 Å². The molecule has 2 heterocycles. The number of rotatable bonds is 4. The van der Waals surface area contributed by atoms with E-state index < -0.39 is 15.7 Å². The van der Waals surface area contributed by atoms with Crippen molar-refractivity contribution >= 4 is 55.2 Å². The topological polar surface area (TPSA) is 76.1 Å². The molecule has 0 aliphatic heterocycles. The third-order valence-electron chi connectivity index (χ3n) is 3.11. The van der Waals surface area contributed by atoms with Crippen LogP contribution in [0.25, 0.3) is 10.6 Å². The average molecular weight is 399 g/mol. The van der Waals surface area contributed by atoms with Gasteiger partial charge < -0.3 is 0 Å². The second-order valence-electron chi connectivity index (χ2n) is 4.88. The van der Waals surface area contributed by atoms with Crippen molar-refractivity contribution in [3.63, 3.8) is 0 Å². The lowest BCUT2D eigenvalue weighted by Crippen LogP contribution is -2.13. The molecule has 1 amide bonds. The van der Waals surface area contributed by atoms with Gasteiger partial charge in [0.25, 0.3) is 5.91 Å². The highest BCUT2D eigenvalue weighted by Crippen LogP contribution is 2.29. The predicted molar refractivity (Wildman–Crippen MR) is 97.9 cm³/mol. The maximum Gasteiger partial charge on any atom is 0.259 e. The number of thiophene rings is 1. The molecule has 1 N–H and O–H groups in total. The van der Waals surface area contributed by atoms with Crippen molar-refractivity contribution in [2.75, 3.05) is 11.6 Å². The zero-order valence-electron chi connectivity index (χ0n) is 12.3. The smallest absolute Gasteiger partial charge is 0.259 e. The molecule has 124 valence electrons. The second-order valence-corrected chi connectivity index (χ2v) is 9.11. The molecule has 24 heavy (non-hydrogen) atoms. The number of carbonyl (C=O) groups is 1. The Balaban J connectivity index is 1.85. The Bertz CT molecular complexity index is 995. The third kappa shape index (κ3) is 3.67. The van der Waals surface area contributed by atoms with E-state index >= 15 is 0 Å². The molecule has 0 saturated heterocycles. The molecule has 2 aromatic heterocycles. The van der Waals surface area contributed by atoms with Crippen molar-refractivity contribution in [1.29, 1.82) is 0 Å². The van der Waals surface area contributed by atoms with Crippen LogP contribution >= 0.6 is 34.3 Å². The lowest BCUT2D eigenvalue weighted by atomic mass is 10.2. The number of amides is 1. The minimum atomic E-state index is -3.42. The van der Waals surface area contributed by atoms with Crippen molar-refractivity contribution in [2.24, 2.45) is 0 Å². The first kappa shape index (κ1) is 17.1. The van der Waals surface area contributed by atoms with E-state index in [1.54, 1.807) is 11.3 Å². The Hall–Kier alpha value is -1.74. The van der Waals surface area contributed by atoms with Gasteiger partial charge in [0.05, 0.1) is 26.1 Å². The van der Waals surface area contributed by atoms with Crippen molar-refractivity contribution in [3.05, 3.63) is 51.7 Å². The molecule has 0 atom stereocenters. The Kier molecular flexibility index (Phi) is 4.73. The number of sulfone groups is 1. The summed E-state index contributed by atoms with van der Waals surface area (Å²) in [7, 11) is -3.42. The molecule has 0 saturated carbocycles. The minimum absolute atomic E-state index is 0.0375. The summed E-state index contributed by atoms with van der Waals surface area (Å²) in [4.78, 5) is 17.8. The van der Waals surface area contributed by atoms with E-state index in [9.17, 15) is 13.2 Å². The van der Waals surface area contributed by atoms with E-state index in [4.69, 9.17) is 11.6 Å². The van der Waals surface area contributed by atoms with Crippen molar-refractivity contribution in [2.45, 2.75) is 4.90 Å². The molecule has 0 aliphatic rings. The number of nitrogens with one attached hydrogen (secondary N) is 1. The van der Waals surface area contributed by atoms with Crippen molar-refractivity contribution in [3.8, 4) is 10.6 Å². The molecule has 0 bridgehead atoms. The first-order chi connectivity index (χ1) is 11.3. The van der Waals surface area contributed by atoms with Crippen LogP contribution in [0.4, 0.5) is 5.13 Å². The molecule has 0 fully saturated rings. The van der Waals surface area contributed by atoms with Crippen molar-refractivity contribution < 1.29 is 13.2 Å². The van der Waals surface area contributed by atoms with Crippen LogP contribution < -0.4 is 5.32 Å². The van der Waals surface area contributed by atoms with Crippen LogP contribution in [0.15, 0.2) is 46.0 Å².